The van der Waals surface area contributed by atoms with Crippen LogP contribution in [0.3, 0.4) is 0 Å². The molecule has 1 fully saturated rings. The minimum atomic E-state index is 0.121. The van der Waals surface area contributed by atoms with Crippen LogP contribution in [0.1, 0.15) is 42.6 Å². The van der Waals surface area contributed by atoms with Crippen LogP contribution in [0.2, 0.25) is 0 Å². The van der Waals surface area contributed by atoms with E-state index in [9.17, 15) is 0 Å². The first kappa shape index (κ1) is 10.1. The molecule has 4 heteroatoms. The van der Waals surface area contributed by atoms with Gasteiger partial charge in [-0.15, -0.1) is 11.3 Å². The molecule has 1 N–H and O–H groups in total. The molecule has 0 aromatic carbocycles. The summed E-state index contributed by atoms with van der Waals surface area (Å²) in [6, 6.07) is 0.476. The van der Waals surface area contributed by atoms with Crippen molar-refractivity contribution in [2.24, 2.45) is 0 Å². The lowest BCUT2D eigenvalue weighted by atomic mass is 10.2. The zero-order chi connectivity index (χ0) is 9.97. The first-order valence-electron chi connectivity index (χ1n) is 5.02. The van der Waals surface area contributed by atoms with Crippen molar-refractivity contribution in [2.45, 2.75) is 31.9 Å². The van der Waals surface area contributed by atoms with Crippen molar-refractivity contribution in [3.05, 3.63) is 16.1 Å². The van der Waals surface area contributed by atoms with Crippen molar-refractivity contribution in [3.8, 4) is 0 Å². The number of ether oxygens (including phenoxy) is 1. The summed E-state index contributed by atoms with van der Waals surface area (Å²) in [7, 11) is 1.72. The Morgan fingerprint density at radius 2 is 2.57 bits per heavy atom. The fourth-order valence-corrected chi connectivity index (χ4v) is 2.59. The summed E-state index contributed by atoms with van der Waals surface area (Å²) in [5, 5.41) is 6.67. The third-order valence-corrected chi connectivity index (χ3v) is 3.68. The molecule has 2 heterocycles. The lowest BCUT2D eigenvalue weighted by molar-refractivity contribution is 0.119. The molecular weight excluding hydrogens is 196 g/mol. The quantitative estimate of drug-likeness (QED) is 0.834. The Bertz CT molecular complexity index is 294. The number of thiazole rings is 1. The normalized spacial score (nSPS) is 24.0. The Balaban J connectivity index is 2.08. The maximum absolute atomic E-state index is 5.24. The molecule has 0 bridgehead atoms. The highest BCUT2D eigenvalue weighted by Gasteiger charge is 2.20. The van der Waals surface area contributed by atoms with Crippen LogP contribution in [0.5, 0.6) is 0 Å². The second-order valence-electron chi connectivity index (χ2n) is 3.64. The molecule has 1 aromatic rings. The predicted octanol–water partition coefficient (Wildman–Crippen LogP) is 2.28. The summed E-state index contributed by atoms with van der Waals surface area (Å²) in [6.45, 7) is 3.15. The zero-order valence-electron chi connectivity index (χ0n) is 8.62. The molecule has 2 rings (SSSR count). The van der Waals surface area contributed by atoms with E-state index in [1.165, 1.54) is 18.5 Å². The van der Waals surface area contributed by atoms with E-state index in [4.69, 9.17) is 4.74 Å². The van der Waals surface area contributed by atoms with Crippen LogP contribution in [0.15, 0.2) is 5.38 Å². The maximum Gasteiger partial charge on any atom is 0.122 e. The van der Waals surface area contributed by atoms with E-state index in [1.54, 1.807) is 18.4 Å². The third kappa shape index (κ3) is 1.97. The molecule has 0 spiro atoms. The number of nitrogens with one attached hydrogen (secondary N) is 1. The highest BCUT2D eigenvalue weighted by Crippen LogP contribution is 2.27. The molecule has 0 aliphatic carbocycles. The lowest BCUT2D eigenvalue weighted by Crippen LogP contribution is -2.13. The lowest BCUT2D eigenvalue weighted by Gasteiger charge is -2.06. The summed E-state index contributed by atoms with van der Waals surface area (Å²) in [6.07, 6.45) is 2.59. The van der Waals surface area contributed by atoms with Gasteiger partial charge in [0, 0.05) is 12.5 Å². The van der Waals surface area contributed by atoms with Gasteiger partial charge in [-0.2, -0.15) is 0 Å². The van der Waals surface area contributed by atoms with Crippen LogP contribution in [0.25, 0.3) is 0 Å². The van der Waals surface area contributed by atoms with Crippen molar-refractivity contribution >= 4 is 11.3 Å². The fourth-order valence-electron chi connectivity index (χ4n) is 1.69. The van der Waals surface area contributed by atoms with E-state index in [2.05, 4.69) is 15.7 Å². The Morgan fingerprint density at radius 3 is 3.21 bits per heavy atom. The number of hydrogen-bond acceptors (Lipinski definition) is 4. The van der Waals surface area contributed by atoms with Crippen LogP contribution in [0.4, 0.5) is 0 Å². The minimum absolute atomic E-state index is 0.121. The molecular formula is C10H16N2OS. The topological polar surface area (TPSA) is 34.1 Å². The van der Waals surface area contributed by atoms with Gasteiger partial charge in [-0.05, 0) is 26.3 Å². The van der Waals surface area contributed by atoms with E-state index < -0.39 is 0 Å². The molecule has 1 aliphatic rings. The van der Waals surface area contributed by atoms with Crippen LogP contribution in [-0.2, 0) is 4.74 Å². The average Bonchev–Trinajstić information content (AvgIpc) is 2.86. The second-order valence-corrected chi connectivity index (χ2v) is 4.53. The second kappa shape index (κ2) is 4.38. The highest BCUT2D eigenvalue weighted by molar-refractivity contribution is 7.09. The maximum atomic E-state index is 5.24. The van der Waals surface area contributed by atoms with Gasteiger partial charge < -0.3 is 10.1 Å². The van der Waals surface area contributed by atoms with Crippen molar-refractivity contribution in [2.75, 3.05) is 13.7 Å². The SMILES string of the molecule is COC(C)c1nc([C@H]2CCCN2)cs1. The molecule has 1 unspecified atom stereocenters. The van der Waals surface area contributed by atoms with Gasteiger partial charge in [0.15, 0.2) is 0 Å². The summed E-state index contributed by atoms with van der Waals surface area (Å²) in [5.74, 6) is 0. The van der Waals surface area contributed by atoms with E-state index in [0.717, 1.165) is 11.6 Å². The van der Waals surface area contributed by atoms with E-state index >= 15 is 0 Å². The van der Waals surface area contributed by atoms with Crippen molar-refractivity contribution in [3.63, 3.8) is 0 Å². The van der Waals surface area contributed by atoms with Crippen LogP contribution < -0.4 is 5.32 Å². The number of rotatable bonds is 3. The van der Waals surface area contributed by atoms with Gasteiger partial charge in [-0.1, -0.05) is 0 Å². The van der Waals surface area contributed by atoms with E-state index in [-0.39, 0.29) is 6.10 Å². The third-order valence-electron chi connectivity index (χ3n) is 2.66. The molecule has 0 saturated carbocycles. The van der Waals surface area contributed by atoms with Crippen LogP contribution in [0, 0.1) is 0 Å². The molecule has 0 amide bonds. The summed E-state index contributed by atoms with van der Waals surface area (Å²) >= 11 is 1.69. The molecule has 1 aromatic heterocycles. The van der Waals surface area contributed by atoms with Gasteiger partial charge in [0.1, 0.15) is 11.1 Å². The summed E-state index contributed by atoms with van der Waals surface area (Å²) < 4.78 is 5.24. The number of methoxy groups -OCH3 is 1. The Kier molecular flexibility index (Phi) is 3.15. The summed E-state index contributed by atoms with van der Waals surface area (Å²) in [5.41, 5.74) is 1.19. The standard InChI is InChI=1S/C10H16N2OS/c1-7(13-2)10-12-9(6-14-10)8-4-3-5-11-8/h6-8,11H,3-5H2,1-2H3/t7?,8-/m1/s1. The molecule has 78 valence electrons. The molecule has 0 radical (unpaired) electrons. The van der Waals surface area contributed by atoms with Gasteiger partial charge in [0.05, 0.1) is 11.7 Å². The number of aromatic nitrogens is 1. The minimum Gasteiger partial charge on any atom is -0.375 e. The Hall–Kier alpha value is -0.450. The molecule has 1 aliphatic heterocycles. The smallest absolute Gasteiger partial charge is 0.122 e. The van der Waals surface area contributed by atoms with Gasteiger partial charge in [0.2, 0.25) is 0 Å². The molecule has 3 nitrogen and oxygen atoms in total. The monoisotopic (exact) mass is 212 g/mol. The Morgan fingerprint density at radius 1 is 1.71 bits per heavy atom. The van der Waals surface area contributed by atoms with Crippen molar-refractivity contribution < 1.29 is 4.74 Å². The average molecular weight is 212 g/mol. The predicted molar refractivity (Wildman–Crippen MR) is 57.5 cm³/mol. The first-order chi connectivity index (χ1) is 6.81. The number of hydrogen-bond donors (Lipinski definition) is 1. The van der Waals surface area contributed by atoms with Gasteiger partial charge in [-0.3, -0.25) is 0 Å². The van der Waals surface area contributed by atoms with Crippen molar-refractivity contribution in [1.29, 1.82) is 0 Å². The fraction of sp³-hybridized carbons (Fsp3) is 0.700. The van der Waals surface area contributed by atoms with Gasteiger partial charge >= 0.3 is 0 Å². The molecule has 14 heavy (non-hydrogen) atoms. The zero-order valence-corrected chi connectivity index (χ0v) is 9.43. The van der Waals surface area contributed by atoms with Crippen LogP contribution in [-0.4, -0.2) is 18.6 Å². The first-order valence-corrected chi connectivity index (χ1v) is 5.90. The van der Waals surface area contributed by atoms with Crippen molar-refractivity contribution in [1.82, 2.24) is 10.3 Å². The van der Waals surface area contributed by atoms with Crippen LogP contribution >= 0.6 is 11.3 Å². The van der Waals surface area contributed by atoms with E-state index in [1.807, 2.05) is 6.92 Å². The Labute approximate surface area is 88.5 Å². The van der Waals surface area contributed by atoms with Gasteiger partial charge in [-0.25, -0.2) is 4.98 Å². The summed E-state index contributed by atoms with van der Waals surface area (Å²) in [4.78, 5) is 4.59. The highest BCUT2D eigenvalue weighted by atomic mass is 32.1. The number of nitrogens with zero attached hydrogens (tertiary/aromatic N) is 1. The molecule has 2 atom stereocenters. The van der Waals surface area contributed by atoms with Gasteiger partial charge in [0.25, 0.3) is 0 Å². The van der Waals surface area contributed by atoms with E-state index in [0.29, 0.717) is 6.04 Å². The largest absolute Gasteiger partial charge is 0.375 e. The molecule has 1 saturated heterocycles.